The van der Waals surface area contributed by atoms with Crippen LogP contribution in [-0.4, -0.2) is 8.42 Å². The number of rotatable bonds is 6. The fraction of sp³-hybridized carbons (Fsp3) is 0.136. The second-order valence-corrected chi connectivity index (χ2v) is 9.21. The zero-order valence-electron chi connectivity index (χ0n) is 17.2. The molecule has 0 bridgehead atoms. The van der Waals surface area contributed by atoms with Gasteiger partial charge in [0.25, 0.3) is 0 Å². The van der Waals surface area contributed by atoms with Gasteiger partial charge in [0.05, 0.1) is 21.0 Å². The Morgan fingerprint density at radius 2 is 1.49 bits per heavy atom. The first-order chi connectivity index (χ1) is 16.2. The van der Waals surface area contributed by atoms with Gasteiger partial charge in [0.1, 0.15) is 23.1 Å². The van der Waals surface area contributed by atoms with Crippen LogP contribution in [0.4, 0.5) is 26.3 Å². The van der Waals surface area contributed by atoms with E-state index in [0.717, 1.165) is 12.1 Å². The minimum absolute atomic E-state index is 0.0473. The Bertz CT molecular complexity index is 1350. The number of hydrogen-bond acceptors (Lipinski definition) is 4. The standard InChI is InChI=1S/C22H13ClF6N2O3S/c23-19-2-1-3-20(18(19)11-30)34-16-4-6-17(7-5-16)35(32,33)31-12-13-8-14(21(24,25)26)10-15(9-13)22(27,28)29/h1-10,31H,12H2. The average molecular weight is 535 g/mol. The van der Waals surface area contributed by atoms with Crippen molar-refractivity contribution in [2.45, 2.75) is 23.8 Å². The van der Waals surface area contributed by atoms with E-state index in [2.05, 4.69) is 0 Å². The van der Waals surface area contributed by atoms with Crippen molar-refractivity contribution in [1.29, 1.82) is 5.26 Å². The van der Waals surface area contributed by atoms with Gasteiger partial charge in [0.15, 0.2) is 0 Å². The fourth-order valence-corrected chi connectivity index (χ4v) is 4.12. The number of benzene rings is 3. The van der Waals surface area contributed by atoms with Gasteiger partial charge >= 0.3 is 12.4 Å². The Balaban J connectivity index is 1.79. The van der Waals surface area contributed by atoms with Gasteiger partial charge in [-0.3, -0.25) is 0 Å². The van der Waals surface area contributed by atoms with Gasteiger partial charge in [-0.2, -0.15) is 31.6 Å². The molecule has 0 fully saturated rings. The molecule has 5 nitrogen and oxygen atoms in total. The van der Waals surface area contributed by atoms with E-state index < -0.39 is 45.6 Å². The molecule has 3 rings (SSSR count). The lowest BCUT2D eigenvalue weighted by molar-refractivity contribution is -0.143. The Hall–Kier alpha value is -3.27. The van der Waals surface area contributed by atoms with Gasteiger partial charge < -0.3 is 4.74 Å². The number of nitrogens with one attached hydrogen (secondary N) is 1. The SMILES string of the molecule is N#Cc1c(Cl)cccc1Oc1ccc(S(=O)(=O)NCc2cc(C(F)(F)F)cc(C(F)(F)F)c2)cc1. The van der Waals surface area contributed by atoms with E-state index in [0.29, 0.717) is 12.1 Å². The molecule has 184 valence electrons. The van der Waals surface area contributed by atoms with Crippen molar-refractivity contribution < 1.29 is 39.5 Å². The lowest BCUT2D eigenvalue weighted by Crippen LogP contribution is -2.24. The number of ether oxygens (including phenoxy) is 1. The highest BCUT2D eigenvalue weighted by molar-refractivity contribution is 7.89. The molecular formula is C22H13ClF6N2O3S. The molecule has 0 spiro atoms. The van der Waals surface area contributed by atoms with Gasteiger partial charge in [-0.15, -0.1) is 0 Å². The van der Waals surface area contributed by atoms with E-state index in [4.69, 9.17) is 16.3 Å². The predicted octanol–water partition coefficient (Wildman–Crippen LogP) is 6.52. The normalized spacial score (nSPS) is 12.3. The Morgan fingerprint density at radius 1 is 0.914 bits per heavy atom. The predicted molar refractivity (Wildman–Crippen MR) is 113 cm³/mol. The van der Waals surface area contributed by atoms with Gasteiger partial charge in [-0.05, 0) is 60.2 Å². The van der Waals surface area contributed by atoms with Crippen LogP contribution in [0.5, 0.6) is 11.5 Å². The zero-order valence-corrected chi connectivity index (χ0v) is 18.8. The van der Waals surface area contributed by atoms with Crippen LogP contribution in [0.1, 0.15) is 22.3 Å². The van der Waals surface area contributed by atoms with Crippen LogP contribution in [0.25, 0.3) is 0 Å². The van der Waals surface area contributed by atoms with E-state index >= 15 is 0 Å². The van der Waals surface area contributed by atoms with E-state index in [-0.39, 0.29) is 33.0 Å². The van der Waals surface area contributed by atoms with E-state index in [9.17, 15) is 40.0 Å². The van der Waals surface area contributed by atoms with Crippen LogP contribution < -0.4 is 9.46 Å². The van der Waals surface area contributed by atoms with Gasteiger partial charge in [-0.25, -0.2) is 13.1 Å². The molecule has 0 amide bonds. The molecular weight excluding hydrogens is 522 g/mol. The van der Waals surface area contributed by atoms with Crippen LogP contribution in [0.3, 0.4) is 0 Å². The molecule has 0 saturated heterocycles. The van der Waals surface area contributed by atoms with Crippen molar-refractivity contribution in [3.63, 3.8) is 0 Å². The summed E-state index contributed by atoms with van der Waals surface area (Å²) in [5.41, 5.74) is -3.57. The molecule has 0 heterocycles. The number of nitriles is 1. The third-order valence-corrected chi connectivity index (χ3v) is 6.29. The summed E-state index contributed by atoms with van der Waals surface area (Å²) in [4.78, 5) is -0.320. The molecule has 3 aromatic rings. The molecule has 1 N–H and O–H groups in total. The zero-order chi connectivity index (χ0) is 26.0. The number of halogens is 7. The highest BCUT2D eigenvalue weighted by Gasteiger charge is 2.37. The highest BCUT2D eigenvalue weighted by atomic mass is 35.5. The smallest absolute Gasteiger partial charge is 0.416 e. The van der Waals surface area contributed by atoms with E-state index in [1.165, 1.54) is 24.3 Å². The first-order valence-corrected chi connectivity index (χ1v) is 11.3. The van der Waals surface area contributed by atoms with Crippen molar-refractivity contribution in [3.8, 4) is 17.6 Å². The fourth-order valence-electron chi connectivity index (χ4n) is 2.89. The summed E-state index contributed by atoms with van der Waals surface area (Å²) < 4.78 is 111. The maximum Gasteiger partial charge on any atom is 0.416 e. The minimum Gasteiger partial charge on any atom is -0.456 e. The topological polar surface area (TPSA) is 79.2 Å². The molecule has 3 aromatic carbocycles. The first kappa shape index (κ1) is 26.3. The largest absolute Gasteiger partial charge is 0.456 e. The summed E-state index contributed by atoms with van der Waals surface area (Å²) in [7, 11) is -4.31. The van der Waals surface area contributed by atoms with Crippen molar-refractivity contribution in [2.24, 2.45) is 0 Å². The summed E-state index contributed by atoms with van der Waals surface area (Å²) in [6.07, 6.45) is -10.1. The molecule has 0 aliphatic heterocycles. The molecule has 0 aromatic heterocycles. The minimum atomic E-state index is -5.06. The third-order valence-electron chi connectivity index (χ3n) is 4.56. The molecule has 0 atom stereocenters. The van der Waals surface area contributed by atoms with Crippen LogP contribution in [0.15, 0.2) is 65.6 Å². The number of sulfonamides is 1. The summed E-state index contributed by atoms with van der Waals surface area (Å²) in [5, 5.41) is 9.33. The lowest BCUT2D eigenvalue weighted by Gasteiger charge is -2.15. The summed E-state index contributed by atoms with van der Waals surface area (Å²) >= 11 is 5.92. The van der Waals surface area contributed by atoms with Crippen molar-refractivity contribution in [2.75, 3.05) is 0 Å². The molecule has 0 aliphatic rings. The lowest BCUT2D eigenvalue weighted by atomic mass is 10.0. The average Bonchev–Trinajstić information content (AvgIpc) is 2.77. The van der Waals surface area contributed by atoms with E-state index in [1.54, 1.807) is 6.07 Å². The second kappa shape index (κ2) is 9.77. The highest BCUT2D eigenvalue weighted by Crippen LogP contribution is 2.36. The first-order valence-electron chi connectivity index (χ1n) is 9.45. The summed E-state index contributed by atoms with van der Waals surface area (Å²) in [6.45, 7) is -0.818. The molecule has 13 heteroatoms. The van der Waals surface area contributed by atoms with Crippen molar-refractivity contribution >= 4 is 21.6 Å². The Morgan fingerprint density at radius 3 is 2.00 bits per heavy atom. The van der Waals surface area contributed by atoms with Crippen molar-refractivity contribution in [1.82, 2.24) is 4.72 Å². The van der Waals surface area contributed by atoms with Gasteiger partial charge in [0.2, 0.25) is 10.0 Å². The third kappa shape index (κ3) is 6.45. The maximum atomic E-state index is 13.0. The monoisotopic (exact) mass is 534 g/mol. The molecule has 0 saturated carbocycles. The number of alkyl halides is 6. The van der Waals surface area contributed by atoms with Crippen LogP contribution in [-0.2, 0) is 28.9 Å². The molecule has 0 radical (unpaired) electrons. The number of nitrogens with zero attached hydrogens (tertiary/aromatic N) is 1. The van der Waals surface area contributed by atoms with Crippen LogP contribution in [0.2, 0.25) is 5.02 Å². The summed E-state index contributed by atoms with van der Waals surface area (Å²) in [6, 6.07) is 11.9. The van der Waals surface area contributed by atoms with E-state index in [1.807, 2.05) is 10.8 Å². The summed E-state index contributed by atoms with van der Waals surface area (Å²) in [5.74, 6) is 0.272. The van der Waals surface area contributed by atoms with Crippen LogP contribution >= 0.6 is 11.6 Å². The Labute approximate surface area is 200 Å². The molecule has 35 heavy (non-hydrogen) atoms. The Kier molecular flexibility index (Phi) is 7.35. The van der Waals surface area contributed by atoms with Crippen LogP contribution in [0, 0.1) is 11.3 Å². The second-order valence-electron chi connectivity index (χ2n) is 7.04. The van der Waals surface area contributed by atoms with Gasteiger partial charge in [0, 0.05) is 6.54 Å². The molecule has 0 aliphatic carbocycles. The quantitative estimate of drug-likeness (QED) is 0.365. The van der Waals surface area contributed by atoms with Gasteiger partial charge in [-0.1, -0.05) is 17.7 Å². The van der Waals surface area contributed by atoms with Crippen molar-refractivity contribution in [3.05, 3.63) is 87.9 Å². The molecule has 0 unspecified atom stereocenters. The number of hydrogen-bond donors (Lipinski definition) is 1. The maximum absolute atomic E-state index is 13.0.